The fraction of sp³-hybridized carbons (Fsp3) is 0.438. The Kier molecular flexibility index (Phi) is 5.18. The van der Waals surface area contributed by atoms with Gasteiger partial charge in [0.2, 0.25) is 0 Å². The molecule has 1 amide bonds. The summed E-state index contributed by atoms with van der Waals surface area (Å²) in [6, 6.07) is 6.68. The van der Waals surface area contributed by atoms with Crippen LogP contribution in [0.5, 0.6) is 5.75 Å². The highest BCUT2D eigenvalue weighted by Crippen LogP contribution is 2.23. The van der Waals surface area contributed by atoms with Crippen molar-refractivity contribution in [2.75, 3.05) is 13.2 Å². The minimum absolute atomic E-state index is 0.0350. The molecule has 1 fully saturated rings. The third-order valence-corrected chi connectivity index (χ3v) is 3.18. The first-order valence-corrected chi connectivity index (χ1v) is 7.02. The Bertz CT molecular complexity index is 481. The lowest BCUT2D eigenvalue weighted by molar-refractivity contribution is -0.122. The Balaban J connectivity index is 1.90. The number of aryl methyl sites for hydroxylation is 1. The normalized spacial score (nSPS) is 13.8. The summed E-state index contributed by atoms with van der Waals surface area (Å²) < 4.78 is 5.62. The molecule has 20 heavy (non-hydrogen) atoms. The summed E-state index contributed by atoms with van der Waals surface area (Å²) in [7, 11) is 0. The number of hydrogen-bond donors (Lipinski definition) is 2. The van der Waals surface area contributed by atoms with Crippen LogP contribution in [0.25, 0.3) is 0 Å². The van der Waals surface area contributed by atoms with Crippen molar-refractivity contribution in [3.8, 4) is 5.75 Å². The number of ether oxygens (including phenoxy) is 1. The number of nitrogens with one attached hydrogen (secondary N) is 2. The molecule has 2 rings (SSSR count). The predicted molar refractivity (Wildman–Crippen MR) is 79.7 cm³/mol. The molecule has 0 radical (unpaired) electrons. The quantitative estimate of drug-likeness (QED) is 0.712. The van der Waals surface area contributed by atoms with Crippen molar-refractivity contribution in [3.63, 3.8) is 0 Å². The Labute approximate surface area is 120 Å². The lowest BCUT2D eigenvalue weighted by atomic mass is 10.1. The van der Waals surface area contributed by atoms with E-state index in [2.05, 4.69) is 30.2 Å². The maximum atomic E-state index is 11.5. The fourth-order valence-corrected chi connectivity index (χ4v) is 1.91. The molecule has 0 spiro atoms. The molecule has 1 aliphatic rings. The summed E-state index contributed by atoms with van der Waals surface area (Å²) >= 11 is 0. The second-order valence-corrected chi connectivity index (χ2v) is 5.15. The second kappa shape index (κ2) is 7.10. The van der Waals surface area contributed by atoms with E-state index in [0.29, 0.717) is 12.6 Å². The monoisotopic (exact) mass is 274 g/mol. The highest BCUT2D eigenvalue weighted by atomic mass is 16.5. The molecule has 0 heterocycles. The van der Waals surface area contributed by atoms with Crippen molar-refractivity contribution in [1.82, 2.24) is 10.6 Å². The standard InChI is InChI=1S/C16H22N2O2/c1-3-8-17-16(19)11-20-15-7-4-12(2)9-13(15)10-18-14-5-6-14/h3-4,7,9,14,18H,1,5-6,8,10-11H2,2H3,(H,17,19). The van der Waals surface area contributed by atoms with E-state index in [9.17, 15) is 4.79 Å². The number of hydrogen-bond acceptors (Lipinski definition) is 3. The van der Waals surface area contributed by atoms with Crippen LogP contribution in [0.15, 0.2) is 30.9 Å². The number of amides is 1. The van der Waals surface area contributed by atoms with Crippen LogP contribution in [0.2, 0.25) is 0 Å². The lowest BCUT2D eigenvalue weighted by Gasteiger charge is -2.13. The van der Waals surface area contributed by atoms with Crippen LogP contribution >= 0.6 is 0 Å². The van der Waals surface area contributed by atoms with Gasteiger partial charge < -0.3 is 15.4 Å². The highest BCUT2D eigenvalue weighted by Gasteiger charge is 2.20. The maximum Gasteiger partial charge on any atom is 0.258 e. The van der Waals surface area contributed by atoms with Crippen LogP contribution in [-0.2, 0) is 11.3 Å². The SMILES string of the molecule is C=CCNC(=O)COc1ccc(C)cc1CNC1CC1. The molecule has 108 valence electrons. The van der Waals surface area contributed by atoms with E-state index in [-0.39, 0.29) is 12.5 Å². The summed E-state index contributed by atoms with van der Waals surface area (Å²) in [5.41, 5.74) is 2.30. The summed E-state index contributed by atoms with van der Waals surface area (Å²) in [4.78, 5) is 11.5. The molecule has 0 aliphatic heterocycles. The van der Waals surface area contributed by atoms with E-state index < -0.39 is 0 Å². The van der Waals surface area contributed by atoms with Gasteiger partial charge in [0.05, 0.1) is 0 Å². The molecule has 0 bridgehead atoms. The van der Waals surface area contributed by atoms with Crippen LogP contribution in [0.4, 0.5) is 0 Å². The fourth-order valence-electron chi connectivity index (χ4n) is 1.91. The third-order valence-electron chi connectivity index (χ3n) is 3.18. The van der Waals surface area contributed by atoms with E-state index in [0.717, 1.165) is 17.9 Å². The predicted octanol–water partition coefficient (Wildman–Crippen LogP) is 1.93. The van der Waals surface area contributed by atoms with E-state index in [4.69, 9.17) is 4.74 Å². The van der Waals surface area contributed by atoms with Crippen molar-refractivity contribution in [2.45, 2.75) is 32.4 Å². The molecule has 1 aromatic carbocycles. The molecule has 0 unspecified atom stereocenters. The van der Waals surface area contributed by atoms with Crippen LogP contribution in [-0.4, -0.2) is 25.1 Å². The number of carbonyl (C=O) groups is 1. The van der Waals surface area contributed by atoms with Gasteiger partial charge in [-0.25, -0.2) is 0 Å². The first kappa shape index (κ1) is 14.6. The first-order valence-electron chi connectivity index (χ1n) is 7.02. The summed E-state index contributed by atoms with van der Waals surface area (Å²) in [6.07, 6.45) is 4.16. The minimum Gasteiger partial charge on any atom is -0.483 e. The number of benzene rings is 1. The Morgan fingerprint density at radius 1 is 1.50 bits per heavy atom. The smallest absolute Gasteiger partial charge is 0.258 e. The van der Waals surface area contributed by atoms with Gasteiger partial charge in [0, 0.05) is 24.7 Å². The summed E-state index contributed by atoms with van der Waals surface area (Å²) in [5, 5.41) is 6.16. The van der Waals surface area contributed by atoms with Gasteiger partial charge in [0.15, 0.2) is 6.61 Å². The average Bonchev–Trinajstić information content (AvgIpc) is 3.26. The minimum atomic E-state index is -0.133. The van der Waals surface area contributed by atoms with E-state index in [1.54, 1.807) is 6.08 Å². The molecule has 1 saturated carbocycles. The van der Waals surface area contributed by atoms with Gasteiger partial charge in [-0.2, -0.15) is 0 Å². The van der Waals surface area contributed by atoms with Gasteiger partial charge in [-0.05, 0) is 25.8 Å². The van der Waals surface area contributed by atoms with Crippen LogP contribution in [0, 0.1) is 6.92 Å². The third kappa shape index (κ3) is 4.70. The summed E-state index contributed by atoms with van der Waals surface area (Å²) in [5.74, 6) is 0.643. The van der Waals surface area contributed by atoms with Gasteiger partial charge in [0.1, 0.15) is 5.75 Å². The van der Waals surface area contributed by atoms with Crippen molar-refractivity contribution < 1.29 is 9.53 Å². The van der Waals surface area contributed by atoms with Crippen molar-refractivity contribution in [3.05, 3.63) is 42.0 Å². The largest absolute Gasteiger partial charge is 0.483 e. The number of carbonyl (C=O) groups excluding carboxylic acids is 1. The number of rotatable bonds is 8. The van der Waals surface area contributed by atoms with Crippen LogP contribution < -0.4 is 15.4 Å². The van der Waals surface area contributed by atoms with E-state index >= 15 is 0 Å². The topological polar surface area (TPSA) is 50.4 Å². The average molecular weight is 274 g/mol. The van der Waals surface area contributed by atoms with Crippen molar-refractivity contribution in [1.29, 1.82) is 0 Å². The molecule has 1 aliphatic carbocycles. The lowest BCUT2D eigenvalue weighted by Crippen LogP contribution is -2.29. The van der Waals surface area contributed by atoms with Gasteiger partial charge in [0.25, 0.3) is 5.91 Å². The highest BCUT2D eigenvalue weighted by molar-refractivity contribution is 5.77. The van der Waals surface area contributed by atoms with Crippen molar-refractivity contribution >= 4 is 5.91 Å². The molecular formula is C16H22N2O2. The zero-order chi connectivity index (χ0) is 14.4. The molecular weight excluding hydrogens is 252 g/mol. The van der Waals surface area contributed by atoms with Crippen LogP contribution in [0.3, 0.4) is 0 Å². The Morgan fingerprint density at radius 2 is 2.30 bits per heavy atom. The van der Waals surface area contributed by atoms with Gasteiger partial charge in [-0.1, -0.05) is 23.8 Å². The van der Waals surface area contributed by atoms with Gasteiger partial charge in [-0.15, -0.1) is 6.58 Å². The molecule has 0 atom stereocenters. The molecule has 2 N–H and O–H groups in total. The Hall–Kier alpha value is -1.81. The second-order valence-electron chi connectivity index (χ2n) is 5.15. The molecule has 0 aromatic heterocycles. The van der Waals surface area contributed by atoms with Crippen molar-refractivity contribution in [2.24, 2.45) is 0 Å². The Morgan fingerprint density at radius 3 is 3.00 bits per heavy atom. The molecule has 0 saturated heterocycles. The molecule has 1 aromatic rings. The van der Waals surface area contributed by atoms with Gasteiger partial charge >= 0.3 is 0 Å². The zero-order valence-electron chi connectivity index (χ0n) is 11.9. The summed E-state index contributed by atoms with van der Waals surface area (Å²) in [6.45, 7) is 6.90. The van der Waals surface area contributed by atoms with E-state index in [1.165, 1.54) is 18.4 Å². The molecule has 4 nitrogen and oxygen atoms in total. The first-order chi connectivity index (χ1) is 9.69. The zero-order valence-corrected chi connectivity index (χ0v) is 11.9. The van der Waals surface area contributed by atoms with Crippen LogP contribution in [0.1, 0.15) is 24.0 Å². The van der Waals surface area contributed by atoms with E-state index in [1.807, 2.05) is 12.1 Å². The van der Waals surface area contributed by atoms with Gasteiger partial charge in [-0.3, -0.25) is 4.79 Å². The molecule has 4 heteroatoms. The maximum absolute atomic E-state index is 11.5.